The summed E-state index contributed by atoms with van der Waals surface area (Å²) < 4.78 is 0. The third-order valence-electron chi connectivity index (χ3n) is 3.63. The van der Waals surface area contributed by atoms with Crippen molar-refractivity contribution >= 4 is 5.91 Å². The average molecular weight is 261 g/mol. The van der Waals surface area contributed by atoms with Crippen LogP contribution < -0.4 is 0 Å². The zero-order valence-corrected chi connectivity index (χ0v) is 12.7. The lowest BCUT2D eigenvalue weighted by molar-refractivity contribution is 0.0827. The molecule has 0 N–H and O–H groups in total. The number of carbonyl (C=O) groups excluding carboxylic acids is 1. The first kappa shape index (κ1) is 15.7. The van der Waals surface area contributed by atoms with Crippen LogP contribution in [0.5, 0.6) is 0 Å². The van der Waals surface area contributed by atoms with E-state index >= 15 is 0 Å². The molecule has 19 heavy (non-hydrogen) atoms. The Morgan fingerprint density at radius 1 is 1.05 bits per heavy atom. The molecule has 2 rings (SSSR count). The average Bonchev–Trinajstić information content (AvgIpc) is 2.39. The molecule has 0 heterocycles. The number of amides is 1. The fraction of sp³-hybridized carbons (Fsp3) is 0.588. The Hall–Kier alpha value is -1.31. The lowest BCUT2D eigenvalue weighted by Gasteiger charge is -2.22. The molecule has 1 amide bonds. The molecule has 1 aliphatic rings. The van der Waals surface area contributed by atoms with Gasteiger partial charge in [0, 0.05) is 19.7 Å². The van der Waals surface area contributed by atoms with Crippen molar-refractivity contribution in [2.24, 2.45) is 11.8 Å². The SMILES string of the molecule is CC1CCCC(C)C1.CN(C)C(=O)c1ccccc1. The van der Waals surface area contributed by atoms with Crippen molar-refractivity contribution in [2.45, 2.75) is 39.5 Å². The monoisotopic (exact) mass is 261 g/mol. The minimum atomic E-state index is 0.0469. The molecule has 1 fully saturated rings. The third-order valence-corrected chi connectivity index (χ3v) is 3.63. The van der Waals surface area contributed by atoms with Crippen LogP contribution in [0.15, 0.2) is 30.3 Å². The summed E-state index contributed by atoms with van der Waals surface area (Å²) in [7, 11) is 3.49. The molecule has 1 aromatic rings. The molecule has 0 bridgehead atoms. The van der Waals surface area contributed by atoms with Gasteiger partial charge in [-0.1, -0.05) is 51.3 Å². The molecule has 0 aromatic heterocycles. The molecule has 0 saturated heterocycles. The maximum absolute atomic E-state index is 11.3. The van der Waals surface area contributed by atoms with Crippen molar-refractivity contribution in [1.82, 2.24) is 4.90 Å². The van der Waals surface area contributed by atoms with E-state index < -0.39 is 0 Å². The lowest BCUT2D eigenvalue weighted by atomic mass is 9.84. The van der Waals surface area contributed by atoms with Crippen LogP contribution in [0.25, 0.3) is 0 Å². The Balaban J connectivity index is 0.000000200. The summed E-state index contributed by atoms with van der Waals surface area (Å²) in [4.78, 5) is 12.8. The highest BCUT2D eigenvalue weighted by molar-refractivity contribution is 5.93. The van der Waals surface area contributed by atoms with E-state index in [9.17, 15) is 4.79 Å². The first-order valence-electron chi connectivity index (χ1n) is 7.27. The molecule has 2 heteroatoms. The maximum Gasteiger partial charge on any atom is 0.253 e. The molecule has 0 radical (unpaired) electrons. The van der Waals surface area contributed by atoms with Gasteiger partial charge in [0.05, 0.1) is 0 Å². The van der Waals surface area contributed by atoms with E-state index in [0.29, 0.717) is 0 Å². The van der Waals surface area contributed by atoms with Crippen molar-refractivity contribution in [3.8, 4) is 0 Å². The second kappa shape index (κ2) is 7.98. The molecule has 2 unspecified atom stereocenters. The van der Waals surface area contributed by atoms with Crippen LogP contribution in [-0.2, 0) is 0 Å². The van der Waals surface area contributed by atoms with Gasteiger partial charge in [-0.05, 0) is 30.4 Å². The predicted molar refractivity (Wildman–Crippen MR) is 81.3 cm³/mol. The minimum absolute atomic E-state index is 0.0469. The summed E-state index contributed by atoms with van der Waals surface area (Å²) in [5.41, 5.74) is 0.734. The first-order chi connectivity index (χ1) is 9.00. The van der Waals surface area contributed by atoms with E-state index in [2.05, 4.69) is 13.8 Å². The van der Waals surface area contributed by atoms with Crippen LogP contribution in [0.1, 0.15) is 49.9 Å². The summed E-state index contributed by atoms with van der Waals surface area (Å²) in [5.74, 6) is 2.07. The van der Waals surface area contributed by atoms with E-state index in [1.54, 1.807) is 19.0 Å². The number of hydrogen-bond donors (Lipinski definition) is 0. The van der Waals surface area contributed by atoms with Gasteiger partial charge in [-0.3, -0.25) is 4.79 Å². The smallest absolute Gasteiger partial charge is 0.253 e. The summed E-state index contributed by atoms with van der Waals surface area (Å²) in [6.45, 7) is 4.74. The van der Waals surface area contributed by atoms with E-state index in [1.165, 1.54) is 25.7 Å². The van der Waals surface area contributed by atoms with E-state index in [-0.39, 0.29) is 5.91 Å². The van der Waals surface area contributed by atoms with E-state index in [1.807, 2.05) is 30.3 Å². The van der Waals surface area contributed by atoms with Gasteiger partial charge < -0.3 is 4.90 Å². The molecular formula is C17H27NO. The van der Waals surface area contributed by atoms with Gasteiger partial charge in [-0.25, -0.2) is 0 Å². The number of nitrogens with zero attached hydrogens (tertiary/aromatic N) is 1. The quantitative estimate of drug-likeness (QED) is 0.741. The van der Waals surface area contributed by atoms with Gasteiger partial charge in [-0.15, -0.1) is 0 Å². The Bertz CT molecular complexity index is 364. The topological polar surface area (TPSA) is 20.3 Å². The van der Waals surface area contributed by atoms with Crippen LogP contribution >= 0.6 is 0 Å². The van der Waals surface area contributed by atoms with Crippen molar-refractivity contribution in [2.75, 3.05) is 14.1 Å². The van der Waals surface area contributed by atoms with Crippen LogP contribution in [0.2, 0.25) is 0 Å². The highest BCUT2D eigenvalue weighted by atomic mass is 16.2. The summed E-state index contributed by atoms with van der Waals surface area (Å²) in [5, 5.41) is 0. The molecule has 0 aliphatic heterocycles. The van der Waals surface area contributed by atoms with Gasteiger partial charge in [-0.2, -0.15) is 0 Å². The van der Waals surface area contributed by atoms with Gasteiger partial charge in [0.1, 0.15) is 0 Å². The maximum atomic E-state index is 11.3. The van der Waals surface area contributed by atoms with Crippen LogP contribution in [0.4, 0.5) is 0 Å². The normalized spacial score (nSPS) is 22.1. The summed E-state index contributed by atoms with van der Waals surface area (Å²) >= 11 is 0. The van der Waals surface area contributed by atoms with Crippen molar-refractivity contribution in [3.05, 3.63) is 35.9 Å². The lowest BCUT2D eigenvalue weighted by Crippen LogP contribution is -2.21. The van der Waals surface area contributed by atoms with Crippen molar-refractivity contribution in [3.63, 3.8) is 0 Å². The third kappa shape index (κ3) is 5.91. The molecule has 1 saturated carbocycles. The molecule has 1 aromatic carbocycles. The van der Waals surface area contributed by atoms with E-state index in [0.717, 1.165) is 17.4 Å². The van der Waals surface area contributed by atoms with Gasteiger partial charge >= 0.3 is 0 Å². The molecule has 106 valence electrons. The number of rotatable bonds is 1. The predicted octanol–water partition coefficient (Wildman–Crippen LogP) is 4.22. The van der Waals surface area contributed by atoms with Crippen molar-refractivity contribution < 1.29 is 4.79 Å². The summed E-state index contributed by atoms with van der Waals surface area (Å²) in [6, 6.07) is 9.23. The Labute approximate surface area is 117 Å². The molecule has 2 nitrogen and oxygen atoms in total. The number of carbonyl (C=O) groups is 1. The number of hydrogen-bond acceptors (Lipinski definition) is 1. The molecule has 1 aliphatic carbocycles. The Kier molecular flexibility index (Phi) is 6.61. The van der Waals surface area contributed by atoms with Crippen molar-refractivity contribution in [1.29, 1.82) is 0 Å². The zero-order valence-electron chi connectivity index (χ0n) is 12.7. The van der Waals surface area contributed by atoms with Crippen LogP contribution in [0, 0.1) is 11.8 Å². The minimum Gasteiger partial charge on any atom is -0.345 e. The van der Waals surface area contributed by atoms with Crippen LogP contribution in [0.3, 0.4) is 0 Å². The largest absolute Gasteiger partial charge is 0.345 e. The van der Waals surface area contributed by atoms with Crippen LogP contribution in [-0.4, -0.2) is 24.9 Å². The van der Waals surface area contributed by atoms with E-state index in [4.69, 9.17) is 0 Å². The second-order valence-corrected chi connectivity index (χ2v) is 5.94. The van der Waals surface area contributed by atoms with Gasteiger partial charge in [0.15, 0.2) is 0 Å². The van der Waals surface area contributed by atoms with Gasteiger partial charge in [0.2, 0.25) is 0 Å². The zero-order chi connectivity index (χ0) is 14.3. The summed E-state index contributed by atoms with van der Waals surface area (Å²) in [6.07, 6.45) is 5.90. The Morgan fingerprint density at radius 3 is 1.95 bits per heavy atom. The highest BCUT2D eigenvalue weighted by Gasteiger charge is 2.13. The standard InChI is InChI=1S/C9H11NO.C8H16/c1-10(2)9(11)8-6-4-3-5-7-8;1-7-4-3-5-8(2)6-7/h3-7H,1-2H3;7-8H,3-6H2,1-2H3. The number of benzene rings is 1. The van der Waals surface area contributed by atoms with Gasteiger partial charge in [0.25, 0.3) is 5.91 Å². The highest BCUT2D eigenvalue weighted by Crippen LogP contribution is 2.27. The Morgan fingerprint density at radius 2 is 1.58 bits per heavy atom. The fourth-order valence-corrected chi connectivity index (χ4v) is 2.58. The molecular weight excluding hydrogens is 234 g/mol. The molecule has 0 spiro atoms. The second-order valence-electron chi connectivity index (χ2n) is 5.94. The molecule has 2 atom stereocenters. The fourth-order valence-electron chi connectivity index (χ4n) is 2.58. The first-order valence-corrected chi connectivity index (χ1v) is 7.27.